The fraction of sp³-hybridized carbons (Fsp3) is 0.463. The standard InChI is InChI=1S/C41H53Cl4N7O4S/c1-5-7-8-9-10-11-12-13-14-15-16-17-37(53)47-30-18-20-32(43)36(27-30)49-40-38(41(54)52(50-40)39-33(44)25-29(42)26-34(39)45)48-35-21-19-31(24-28(35)3)51(6-2)23-22-46-57(4,55)56/h18-21,24-27,46H,5-17,22-23H2,1-4H3,(H,47,53)(H,49,50)/b48-38-. The zero-order valence-corrected chi connectivity index (χ0v) is 36.9. The topological polar surface area (TPSA) is 136 Å². The lowest BCUT2D eigenvalue weighted by Crippen LogP contribution is -2.34. The number of nitrogens with one attached hydrogen (secondary N) is 3. The van der Waals surface area contributed by atoms with Crippen LogP contribution in [0.2, 0.25) is 20.1 Å². The SMILES string of the molecule is CCCCCCCCCCCCCC(=O)Nc1ccc(Cl)c(NC2=NN(c3c(Cl)cc(Cl)cc3Cl)C(=O)/C2=N\c2ccc(N(CC)CCNS(C)(=O)=O)cc2C)c1. The number of hydrazone groups is 1. The molecule has 0 unspecified atom stereocenters. The molecular weight excluding hydrogens is 828 g/mol. The summed E-state index contributed by atoms with van der Waals surface area (Å²) < 4.78 is 25.7. The maximum atomic E-state index is 14.1. The smallest absolute Gasteiger partial charge is 0.301 e. The van der Waals surface area contributed by atoms with E-state index in [1.165, 1.54) is 63.5 Å². The molecule has 3 N–H and O–H groups in total. The Balaban J connectivity index is 1.51. The maximum Gasteiger partial charge on any atom is 0.301 e. The summed E-state index contributed by atoms with van der Waals surface area (Å²) in [5.41, 5.74) is 3.09. The molecule has 4 rings (SSSR count). The molecule has 0 aromatic heterocycles. The Morgan fingerprint density at radius 2 is 1.47 bits per heavy atom. The van der Waals surface area contributed by atoms with E-state index < -0.39 is 15.9 Å². The van der Waals surface area contributed by atoms with Crippen molar-refractivity contribution in [2.24, 2.45) is 10.1 Å². The van der Waals surface area contributed by atoms with Crippen molar-refractivity contribution in [1.29, 1.82) is 0 Å². The number of halogens is 4. The summed E-state index contributed by atoms with van der Waals surface area (Å²) in [6.07, 6.45) is 14.8. The Morgan fingerprint density at radius 1 is 0.842 bits per heavy atom. The van der Waals surface area contributed by atoms with Gasteiger partial charge in [-0.3, -0.25) is 9.59 Å². The van der Waals surface area contributed by atoms with Crippen LogP contribution in [0, 0.1) is 6.92 Å². The predicted molar refractivity (Wildman–Crippen MR) is 240 cm³/mol. The highest BCUT2D eigenvalue weighted by Gasteiger charge is 2.36. The quantitative estimate of drug-likeness (QED) is 0.0860. The second-order valence-corrected chi connectivity index (χ2v) is 17.6. The molecule has 1 heterocycles. The maximum absolute atomic E-state index is 14.1. The van der Waals surface area contributed by atoms with Gasteiger partial charge in [-0.1, -0.05) is 118 Å². The van der Waals surface area contributed by atoms with Gasteiger partial charge in [-0.15, -0.1) is 5.10 Å². The van der Waals surface area contributed by atoms with Gasteiger partial charge in [-0.05, 0) is 74.4 Å². The molecular formula is C41H53Cl4N7O4S. The number of aryl methyl sites for hydroxylation is 1. The molecule has 1 aliphatic heterocycles. The number of amides is 2. The normalized spacial score (nSPS) is 13.7. The largest absolute Gasteiger partial charge is 0.370 e. The summed E-state index contributed by atoms with van der Waals surface area (Å²) in [6, 6.07) is 13.5. The van der Waals surface area contributed by atoms with Gasteiger partial charge in [0.2, 0.25) is 15.9 Å². The number of carbonyl (C=O) groups excluding carboxylic acids is 2. The van der Waals surface area contributed by atoms with Crippen molar-refractivity contribution in [1.82, 2.24) is 4.72 Å². The molecule has 3 aromatic carbocycles. The molecule has 310 valence electrons. The van der Waals surface area contributed by atoms with Crippen LogP contribution in [0.4, 0.5) is 28.4 Å². The summed E-state index contributed by atoms with van der Waals surface area (Å²) in [7, 11) is -3.32. The molecule has 0 bridgehead atoms. The number of aliphatic imine (C=N–C) groups is 1. The van der Waals surface area contributed by atoms with Crippen molar-refractivity contribution in [3.05, 3.63) is 74.2 Å². The van der Waals surface area contributed by atoms with Gasteiger partial charge in [0.25, 0.3) is 0 Å². The third-order valence-corrected chi connectivity index (χ3v) is 11.3. The van der Waals surface area contributed by atoms with Crippen molar-refractivity contribution < 1.29 is 18.0 Å². The van der Waals surface area contributed by atoms with Crippen molar-refractivity contribution >= 4 is 108 Å². The molecule has 0 fully saturated rings. The lowest BCUT2D eigenvalue weighted by molar-refractivity contribution is -0.116. The molecule has 16 heteroatoms. The van der Waals surface area contributed by atoms with Crippen molar-refractivity contribution in [2.45, 2.75) is 97.8 Å². The fourth-order valence-corrected chi connectivity index (χ4v) is 7.99. The van der Waals surface area contributed by atoms with Crippen LogP contribution in [0.25, 0.3) is 0 Å². The van der Waals surface area contributed by atoms with E-state index in [1.807, 2.05) is 30.9 Å². The number of hydrogen-bond acceptors (Lipinski definition) is 8. The first kappa shape index (κ1) is 46.3. The molecule has 57 heavy (non-hydrogen) atoms. The minimum atomic E-state index is -3.32. The number of likely N-dealkylation sites (N-methyl/N-ethyl adjacent to an activating group) is 1. The van der Waals surface area contributed by atoms with E-state index in [2.05, 4.69) is 27.4 Å². The number of amidine groups is 1. The van der Waals surface area contributed by atoms with E-state index in [-0.39, 0.29) is 44.8 Å². The molecule has 0 atom stereocenters. The summed E-state index contributed by atoms with van der Waals surface area (Å²) in [5.74, 6) is -0.638. The summed E-state index contributed by atoms with van der Waals surface area (Å²) >= 11 is 25.9. The third kappa shape index (κ3) is 14.4. The Hall–Kier alpha value is -3.39. The van der Waals surface area contributed by atoms with Gasteiger partial charge >= 0.3 is 5.91 Å². The van der Waals surface area contributed by atoms with Crippen molar-refractivity contribution in [3.63, 3.8) is 0 Å². The first-order valence-electron chi connectivity index (χ1n) is 19.5. The van der Waals surface area contributed by atoms with E-state index in [4.69, 9.17) is 51.4 Å². The Bertz CT molecular complexity index is 2020. The lowest BCUT2D eigenvalue weighted by Gasteiger charge is -2.24. The third-order valence-electron chi connectivity index (χ3n) is 9.43. The Kier molecular flexibility index (Phi) is 18.4. The number of hydrogen-bond donors (Lipinski definition) is 3. The van der Waals surface area contributed by atoms with E-state index in [1.54, 1.807) is 24.3 Å². The van der Waals surface area contributed by atoms with E-state index >= 15 is 0 Å². The van der Waals surface area contributed by atoms with Gasteiger partial charge < -0.3 is 15.5 Å². The van der Waals surface area contributed by atoms with Gasteiger partial charge in [0.15, 0.2) is 11.5 Å². The fourth-order valence-electron chi connectivity index (χ4n) is 6.39. The average Bonchev–Trinajstić information content (AvgIpc) is 3.43. The van der Waals surface area contributed by atoms with Crippen LogP contribution in [-0.2, 0) is 19.6 Å². The lowest BCUT2D eigenvalue weighted by atomic mass is 10.1. The molecule has 0 spiro atoms. The zero-order chi connectivity index (χ0) is 41.5. The van der Waals surface area contributed by atoms with E-state index in [9.17, 15) is 18.0 Å². The molecule has 0 radical (unpaired) electrons. The van der Waals surface area contributed by atoms with Crippen LogP contribution in [0.15, 0.2) is 58.6 Å². The zero-order valence-electron chi connectivity index (χ0n) is 33.1. The second kappa shape index (κ2) is 22.7. The van der Waals surface area contributed by atoms with Gasteiger partial charge in [0.1, 0.15) is 5.69 Å². The van der Waals surface area contributed by atoms with Crippen molar-refractivity contribution in [3.8, 4) is 0 Å². The van der Waals surface area contributed by atoms with Crippen LogP contribution in [0.3, 0.4) is 0 Å². The molecule has 1 aliphatic rings. The molecule has 11 nitrogen and oxygen atoms in total. The van der Waals surface area contributed by atoms with Crippen LogP contribution in [-0.4, -0.2) is 57.7 Å². The van der Waals surface area contributed by atoms with Gasteiger partial charge in [-0.25, -0.2) is 18.1 Å². The molecule has 3 aromatic rings. The van der Waals surface area contributed by atoms with Crippen LogP contribution < -0.4 is 25.3 Å². The minimum absolute atomic E-state index is 0.0420. The van der Waals surface area contributed by atoms with Crippen LogP contribution >= 0.6 is 46.4 Å². The number of benzene rings is 3. The molecule has 0 saturated heterocycles. The Labute approximate surface area is 357 Å². The average molecular weight is 882 g/mol. The number of carbonyl (C=O) groups is 2. The second-order valence-electron chi connectivity index (χ2n) is 14.1. The number of unbranched alkanes of at least 4 members (excludes halogenated alkanes) is 10. The van der Waals surface area contributed by atoms with Crippen LogP contribution in [0.1, 0.15) is 96.5 Å². The highest BCUT2D eigenvalue weighted by atomic mass is 35.5. The summed E-state index contributed by atoms with van der Waals surface area (Å²) in [6.45, 7) is 7.40. The molecule has 2 amide bonds. The predicted octanol–water partition coefficient (Wildman–Crippen LogP) is 11.2. The number of rotatable bonds is 22. The van der Waals surface area contributed by atoms with Gasteiger partial charge in [0, 0.05) is 42.5 Å². The highest BCUT2D eigenvalue weighted by Crippen LogP contribution is 2.39. The van der Waals surface area contributed by atoms with Gasteiger partial charge in [0.05, 0.1) is 32.7 Å². The first-order chi connectivity index (χ1) is 27.2. The van der Waals surface area contributed by atoms with Crippen LogP contribution in [0.5, 0.6) is 0 Å². The molecule has 0 saturated carbocycles. The van der Waals surface area contributed by atoms with Crippen molar-refractivity contribution in [2.75, 3.05) is 46.4 Å². The number of sulfonamides is 1. The van der Waals surface area contributed by atoms with E-state index in [0.29, 0.717) is 41.6 Å². The summed E-state index contributed by atoms with van der Waals surface area (Å²) in [4.78, 5) is 33.8. The monoisotopic (exact) mass is 879 g/mol. The summed E-state index contributed by atoms with van der Waals surface area (Å²) in [5, 5.41) is 12.6. The van der Waals surface area contributed by atoms with E-state index in [0.717, 1.165) is 41.8 Å². The number of anilines is 4. The first-order valence-corrected chi connectivity index (χ1v) is 22.9. The highest BCUT2D eigenvalue weighted by molar-refractivity contribution is 7.88. The Morgan fingerprint density at radius 3 is 2.07 bits per heavy atom. The van der Waals surface area contributed by atoms with Gasteiger partial charge in [-0.2, -0.15) is 5.01 Å². The molecule has 0 aliphatic carbocycles. The minimum Gasteiger partial charge on any atom is -0.370 e. The number of nitrogens with zero attached hydrogens (tertiary/aromatic N) is 4.